The number of rotatable bonds is 6. The normalized spacial score (nSPS) is 16.7. The summed E-state index contributed by atoms with van der Waals surface area (Å²) in [4.78, 5) is 0. The highest BCUT2D eigenvalue weighted by molar-refractivity contribution is 9.11. The third-order valence-electron chi connectivity index (χ3n) is 3.50. The molecule has 1 aromatic carbocycles. The summed E-state index contributed by atoms with van der Waals surface area (Å²) in [5.41, 5.74) is 1.18. The van der Waals surface area contributed by atoms with Gasteiger partial charge in [0.15, 0.2) is 0 Å². The van der Waals surface area contributed by atoms with E-state index in [4.69, 9.17) is 4.74 Å². The largest absolute Gasteiger partial charge is 0.495 e. The second-order valence-electron chi connectivity index (χ2n) is 5.03. The molecule has 2 rings (SSSR count). The van der Waals surface area contributed by atoms with E-state index in [1.165, 1.54) is 18.4 Å². The Kier molecular flexibility index (Phi) is 5.10. The van der Waals surface area contributed by atoms with E-state index in [-0.39, 0.29) is 0 Å². The zero-order chi connectivity index (χ0) is 13.1. The third-order valence-corrected chi connectivity index (χ3v) is 4.54. The molecule has 1 unspecified atom stereocenters. The second kappa shape index (κ2) is 6.40. The molecule has 1 fully saturated rings. The van der Waals surface area contributed by atoms with Crippen LogP contribution in [0.5, 0.6) is 5.75 Å². The van der Waals surface area contributed by atoms with Crippen LogP contribution in [-0.4, -0.2) is 13.7 Å². The van der Waals surface area contributed by atoms with Crippen molar-refractivity contribution in [2.45, 2.75) is 26.3 Å². The van der Waals surface area contributed by atoms with Crippen molar-refractivity contribution in [1.29, 1.82) is 0 Å². The minimum atomic E-state index is 0.784. The Morgan fingerprint density at radius 3 is 2.72 bits per heavy atom. The third kappa shape index (κ3) is 3.72. The molecule has 18 heavy (non-hydrogen) atoms. The number of benzene rings is 1. The fraction of sp³-hybridized carbons (Fsp3) is 0.571. The van der Waals surface area contributed by atoms with Gasteiger partial charge in [0, 0.05) is 16.6 Å². The van der Waals surface area contributed by atoms with Crippen molar-refractivity contribution in [3.63, 3.8) is 0 Å². The molecule has 100 valence electrons. The first kappa shape index (κ1) is 14.4. The van der Waals surface area contributed by atoms with Crippen LogP contribution in [0, 0.1) is 11.8 Å². The highest BCUT2D eigenvalue weighted by atomic mass is 79.9. The maximum Gasteiger partial charge on any atom is 0.137 e. The van der Waals surface area contributed by atoms with Gasteiger partial charge < -0.3 is 10.1 Å². The summed E-state index contributed by atoms with van der Waals surface area (Å²) >= 11 is 7.05. The second-order valence-corrected chi connectivity index (χ2v) is 6.80. The SMILES string of the molecule is COc1c(Br)cc(Br)cc1CNCC(C)C1CC1. The van der Waals surface area contributed by atoms with E-state index in [0.717, 1.165) is 39.6 Å². The topological polar surface area (TPSA) is 21.3 Å². The minimum Gasteiger partial charge on any atom is -0.495 e. The van der Waals surface area contributed by atoms with Crippen LogP contribution in [0.3, 0.4) is 0 Å². The van der Waals surface area contributed by atoms with Gasteiger partial charge in [-0.1, -0.05) is 22.9 Å². The van der Waals surface area contributed by atoms with Gasteiger partial charge >= 0.3 is 0 Å². The molecule has 1 N–H and O–H groups in total. The van der Waals surface area contributed by atoms with Gasteiger partial charge in [-0.15, -0.1) is 0 Å². The van der Waals surface area contributed by atoms with E-state index in [1.807, 2.05) is 6.07 Å². The van der Waals surface area contributed by atoms with Crippen LogP contribution in [0.1, 0.15) is 25.3 Å². The van der Waals surface area contributed by atoms with Gasteiger partial charge in [-0.05, 0) is 59.3 Å². The summed E-state index contributed by atoms with van der Waals surface area (Å²) in [6.45, 7) is 4.26. The van der Waals surface area contributed by atoms with Crippen molar-refractivity contribution in [3.05, 3.63) is 26.6 Å². The first-order valence-electron chi connectivity index (χ1n) is 6.34. The average Bonchev–Trinajstić information content (AvgIpc) is 3.12. The molecule has 1 aliphatic carbocycles. The number of ether oxygens (including phenoxy) is 1. The van der Waals surface area contributed by atoms with Crippen LogP contribution in [0.4, 0.5) is 0 Å². The predicted molar refractivity (Wildman–Crippen MR) is 82.0 cm³/mol. The Bertz CT molecular complexity index is 419. The van der Waals surface area contributed by atoms with Crippen LogP contribution in [-0.2, 0) is 6.54 Å². The fourth-order valence-corrected chi connectivity index (χ4v) is 3.72. The van der Waals surface area contributed by atoms with Crippen LogP contribution >= 0.6 is 31.9 Å². The summed E-state index contributed by atoms with van der Waals surface area (Å²) in [6, 6.07) is 4.12. The van der Waals surface area contributed by atoms with E-state index < -0.39 is 0 Å². The Balaban J connectivity index is 1.94. The Morgan fingerprint density at radius 1 is 1.39 bits per heavy atom. The van der Waals surface area contributed by atoms with Crippen molar-refractivity contribution in [2.24, 2.45) is 11.8 Å². The number of hydrogen-bond donors (Lipinski definition) is 1. The van der Waals surface area contributed by atoms with Gasteiger partial charge in [0.2, 0.25) is 0 Å². The lowest BCUT2D eigenvalue weighted by Crippen LogP contribution is -2.22. The first-order chi connectivity index (χ1) is 8.61. The van der Waals surface area contributed by atoms with E-state index >= 15 is 0 Å². The van der Waals surface area contributed by atoms with Crippen molar-refractivity contribution in [3.8, 4) is 5.75 Å². The average molecular weight is 377 g/mol. The summed E-state index contributed by atoms with van der Waals surface area (Å²) in [7, 11) is 1.71. The lowest BCUT2D eigenvalue weighted by atomic mass is 10.1. The molecule has 2 nitrogen and oxygen atoms in total. The molecule has 0 aliphatic heterocycles. The molecule has 1 atom stereocenters. The van der Waals surface area contributed by atoms with Gasteiger partial charge in [0.1, 0.15) is 5.75 Å². The standard InChI is InChI=1S/C14H19Br2NO/c1-9(10-3-4-10)7-17-8-11-5-12(15)6-13(16)14(11)18-2/h5-6,9-10,17H,3-4,7-8H2,1-2H3. The highest BCUT2D eigenvalue weighted by Gasteiger charge is 2.27. The monoisotopic (exact) mass is 375 g/mol. The smallest absolute Gasteiger partial charge is 0.137 e. The van der Waals surface area contributed by atoms with E-state index in [1.54, 1.807) is 7.11 Å². The van der Waals surface area contributed by atoms with Crippen LogP contribution in [0.15, 0.2) is 21.1 Å². The molecule has 1 saturated carbocycles. The van der Waals surface area contributed by atoms with Crippen molar-refractivity contribution in [1.82, 2.24) is 5.32 Å². The van der Waals surface area contributed by atoms with Crippen LogP contribution in [0.25, 0.3) is 0 Å². The zero-order valence-electron chi connectivity index (χ0n) is 10.8. The maximum absolute atomic E-state index is 5.44. The van der Waals surface area contributed by atoms with Gasteiger partial charge in [0.25, 0.3) is 0 Å². The van der Waals surface area contributed by atoms with E-state index in [0.29, 0.717) is 0 Å². The predicted octanol–water partition coefficient (Wildman–Crippen LogP) is 4.36. The molecule has 0 heterocycles. The summed E-state index contributed by atoms with van der Waals surface area (Å²) < 4.78 is 7.50. The molecular formula is C14H19Br2NO. The van der Waals surface area contributed by atoms with Gasteiger partial charge in [-0.3, -0.25) is 0 Å². The quantitative estimate of drug-likeness (QED) is 0.796. The molecule has 0 bridgehead atoms. The Hall–Kier alpha value is -0.0600. The summed E-state index contributed by atoms with van der Waals surface area (Å²) in [6.07, 6.45) is 2.82. The van der Waals surface area contributed by atoms with Crippen LogP contribution < -0.4 is 10.1 Å². The molecule has 1 aromatic rings. The minimum absolute atomic E-state index is 0.784. The van der Waals surface area contributed by atoms with E-state index in [9.17, 15) is 0 Å². The number of nitrogens with one attached hydrogen (secondary N) is 1. The number of hydrogen-bond acceptors (Lipinski definition) is 2. The maximum atomic E-state index is 5.44. The molecule has 0 aromatic heterocycles. The van der Waals surface area contributed by atoms with Crippen molar-refractivity contribution < 1.29 is 4.74 Å². The zero-order valence-corrected chi connectivity index (χ0v) is 14.0. The number of methoxy groups -OCH3 is 1. The molecule has 0 saturated heterocycles. The molecule has 0 amide bonds. The van der Waals surface area contributed by atoms with Gasteiger partial charge in [0.05, 0.1) is 11.6 Å². The Morgan fingerprint density at radius 2 is 2.11 bits per heavy atom. The van der Waals surface area contributed by atoms with Crippen molar-refractivity contribution >= 4 is 31.9 Å². The number of halogens is 2. The van der Waals surface area contributed by atoms with Crippen molar-refractivity contribution in [2.75, 3.05) is 13.7 Å². The first-order valence-corrected chi connectivity index (χ1v) is 7.93. The molecule has 1 aliphatic rings. The molecular weight excluding hydrogens is 358 g/mol. The summed E-state index contributed by atoms with van der Waals surface area (Å²) in [5, 5.41) is 3.53. The highest BCUT2D eigenvalue weighted by Crippen LogP contribution is 2.36. The molecule has 0 radical (unpaired) electrons. The van der Waals surface area contributed by atoms with Crippen LogP contribution in [0.2, 0.25) is 0 Å². The molecule has 4 heteroatoms. The van der Waals surface area contributed by atoms with E-state index in [2.05, 4.69) is 50.2 Å². The van der Waals surface area contributed by atoms with Gasteiger partial charge in [-0.25, -0.2) is 0 Å². The lowest BCUT2D eigenvalue weighted by molar-refractivity contribution is 0.401. The van der Waals surface area contributed by atoms with Gasteiger partial charge in [-0.2, -0.15) is 0 Å². The Labute approximate surface area is 126 Å². The fourth-order valence-electron chi connectivity index (χ4n) is 2.24. The summed E-state index contributed by atoms with van der Waals surface area (Å²) in [5.74, 6) is 2.66. The lowest BCUT2D eigenvalue weighted by Gasteiger charge is -2.14. The molecule has 0 spiro atoms.